The first-order valence-electron chi connectivity index (χ1n) is 8.05. The summed E-state index contributed by atoms with van der Waals surface area (Å²) in [6.07, 6.45) is 12.7. The van der Waals surface area contributed by atoms with Gasteiger partial charge in [-0.15, -0.1) is 0 Å². The third-order valence-corrected chi connectivity index (χ3v) is 3.98. The average Bonchev–Trinajstić information content (AvgIpc) is 2.31. The Bertz CT molecular complexity index is 198. The van der Waals surface area contributed by atoms with Gasteiger partial charge in [-0.25, -0.2) is 0 Å². The minimum Gasteiger partial charge on any atom is -0.300 e. The molecule has 0 aliphatic carbocycles. The van der Waals surface area contributed by atoms with E-state index in [1.807, 2.05) is 0 Å². The first-order chi connectivity index (χ1) is 8.56. The van der Waals surface area contributed by atoms with Gasteiger partial charge in [0, 0.05) is 6.42 Å². The van der Waals surface area contributed by atoms with E-state index in [4.69, 9.17) is 0 Å². The quantitative estimate of drug-likeness (QED) is 0.404. The van der Waals surface area contributed by atoms with Crippen molar-refractivity contribution in [1.82, 2.24) is 0 Å². The molecule has 0 aromatic heterocycles. The summed E-state index contributed by atoms with van der Waals surface area (Å²) in [5.74, 6) is 2.14. The highest BCUT2D eigenvalue weighted by molar-refractivity contribution is 5.75. The number of carbonyl (C=O) groups is 1. The molecule has 1 heteroatoms. The fourth-order valence-corrected chi connectivity index (χ4v) is 2.55. The van der Waals surface area contributed by atoms with Gasteiger partial charge in [0.2, 0.25) is 0 Å². The molecule has 0 aliphatic heterocycles. The third kappa shape index (κ3) is 12.1. The SMILES string of the molecule is CCC(C)CC(C)CCCCCCCCC(C)=O. The lowest BCUT2D eigenvalue weighted by molar-refractivity contribution is -0.117. The molecule has 108 valence electrons. The molecule has 0 N–H and O–H groups in total. The fraction of sp³-hybridized carbons (Fsp3) is 0.941. The number of hydrogen-bond donors (Lipinski definition) is 0. The zero-order valence-electron chi connectivity index (χ0n) is 13.1. The van der Waals surface area contributed by atoms with Crippen LogP contribution in [0.3, 0.4) is 0 Å². The van der Waals surface area contributed by atoms with Crippen LogP contribution in [0.1, 0.15) is 91.9 Å². The minimum absolute atomic E-state index is 0.342. The molecule has 0 heterocycles. The summed E-state index contributed by atoms with van der Waals surface area (Å²) in [7, 11) is 0. The van der Waals surface area contributed by atoms with Crippen molar-refractivity contribution in [3.05, 3.63) is 0 Å². The van der Waals surface area contributed by atoms with Crippen LogP contribution in [0.15, 0.2) is 0 Å². The van der Waals surface area contributed by atoms with E-state index in [0.717, 1.165) is 24.7 Å². The molecule has 1 nitrogen and oxygen atoms in total. The second-order valence-corrected chi connectivity index (χ2v) is 6.22. The number of ketones is 1. The molecule has 0 saturated heterocycles. The molecule has 0 radical (unpaired) electrons. The molecule has 2 unspecified atom stereocenters. The van der Waals surface area contributed by atoms with Gasteiger partial charge in [-0.3, -0.25) is 0 Å². The maximum atomic E-state index is 10.8. The smallest absolute Gasteiger partial charge is 0.129 e. The molecule has 18 heavy (non-hydrogen) atoms. The van der Waals surface area contributed by atoms with Gasteiger partial charge in [0.15, 0.2) is 0 Å². The predicted octanol–water partition coefficient (Wildman–Crippen LogP) is 5.77. The Hall–Kier alpha value is -0.330. The Morgan fingerprint density at radius 1 is 0.889 bits per heavy atom. The van der Waals surface area contributed by atoms with Gasteiger partial charge < -0.3 is 4.79 Å². The van der Waals surface area contributed by atoms with Crippen LogP contribution in [0.4, 0.5) is 0 Å². The highest BCUT2D eigenvalue weighted by atomic mass is 16.1. The summed E-state index contributed by atoms with van der Waals surface area (Å²) < 4.78 is 0. The van der Waals surface area contributed by atoms with Crippen molar-refractivity contribution in [2.75, 3.05) is 0 Å². The Morgan fingerprint density at radius 3 is 2.00 bits per heavy atom. The van der Waals surface area contributed by atoms with Gasteiger partial charge in [-0.05, 0) is 31.6 Å². The predicted molar refractivity (Wildman–Crippen MR) is 80.9 cm³/mol. The molecular weight excluding hydrogens is 220 g/mol. The van der Waals surface area contributed by atoms with Crippen molar-refractivity contribution in [2.45, 2.75) is 91.9 Å². The molecule has 0 amide bonds. The van der Waals surface area contributed by atoms with E-state index in [-0.39, 0.29) is 0 Å². The highest BCUT2D eigenvalue weighted by Gasteiger charge is 2.06. The molecule has 0 aromatic rings. The molecule has 0 rings (SSSR count). The third-order valence-electron chi connectivity index (χ3n) is 3.98. The summed E-state index contributed by atoms with van der Waals surface area (Å²) in [5.41, 5.74) is 0. The van der Waals surface area contributed by atoms with Crippen molar-refractivity contribution in [1.29, 1.82) is 0 Å². The van der Waals surface area contributed by atoms with Crippen LogP contribution in [-0.4, -0.2) is 5.78 Å². The van der Waals surface area contributed by atoms with Crippen LogP contribution in [0, 0.1) is 11.8 Å². The van der Waals surface area contributed by atoms with E-state index in [1.54, 1.807) is 6.92 Å². The van der Waals surface area contributed by atoms with Crippen molar-refractivity contribution >= 4 is 5.78 Å². The minimum atomic E-state index is 0.342. The largest absolute Gasteiger partial charge is 0.300 e. The van der Waals surface area contributed by atoms with E-state index in [2.05, 4.69) is 20.8 Å². The van der Waals surface area contributed by atoms with Crippen LogP contribution < -0.4 is 0 Å². The summed E-state index contributed by atoms with van der Waals surface area (Å²) in [4.78, 5) is 10.8. The lowest BCUT2D eigenvalue weighted by Crippen LogP contribution is -2.02. The van der Waals surface area contributed by atoms with Crippen molar-refractivity contribution < 1.29 is 4.79 Å². The van der Waals surface area contributed by atoms with Crippen LogP contribution in [0.25, 0.3) is 0 Å². The van der Waals surface area contributed by atoms with E-state index in [1.165, 1.54) is 51.4 Å². The van der Waals surface area contributed by atoms with Gasteiger partial charge >= 0.3 is 0 Å². The maximum absolute atomic E-state index is 10.8. The number of rotatable bonds is 12. The summed E-state index contributed by atoms with van der Waals surface area (Å²) in [6.45, 7) is 8.75. The standard InChI is InChI=1S/C17H34O/c1-5-15(2)14-16(3)12-10-8-6-7-9-11-13-17(4)18/h15-16H,5-14H2,1-4H3. The maximum Gasteiger partial charge on any atom is 0.129 e. The molecule has 0 aromatic carbocycles. The summed E-state index contributed by atoms with van der Waals surface area (Å²) in [6, 6.07) is 0. The van der Waals surface area contributed by atoms with Gasteiger partial charge in [0.05, 0.1) is 0 Å². The van der Waals surface area contributed by atoms with Crippen molar-refractivity contribution in [2.24, 2.45) is 11.8 Å². The molecule has 0 saturated carbocycles. The molecule has 0 bridgehead atoms. The second-order valence-electron chi connectivity index (χ2n) is 6.22. The first kappa shape index (κ1) is 17.7. The summed E-state index contributed by atoms with van der Waals surface area (Å²) in [5, 5.41) is 0. The number of unbranched alkanes of at least 4 members (excludes halogenated alkanes) is 5. The summed E-state index contributed by atoms with van der Waals surface area (Å²) >= 11 is 0. The van der Waals surface area contributed by atoms with Crippen LogP contribution in [0.5, 0.6) is 0 Å². The second kappa shape index (κ2) is 11.7. The zero-order chi connectivity index (χ0) is 13.8. The Labute approximate surface area is 115 Å². The van der Waals surface area contributed by atoms with Gasteiger partial charge in [-0.1, -0.05) is 65.7 Å². The molecule has 0 spiro atoms. The molecule has 2 atom stereocenters. The normalized spacial score (nSPS) is 14.4. The van der Waals surface area contributed by atoms with Gasteiger partial charge in [0.25, 0.3) is 0 Å². The first-order valence-corrected chi connectivity index (χ1v) is 8.05. The Balaban J connectivity index is 3.22. The van der Waals surface area contributed by atoms with Crippen LogP contribution >= 0.6 is 0 Å². The lowest BCUT2D eigenvalue weighted by Gasteiger charge is -2.15. The van der Waals surface area contributed by atoms with E-state index >= 15 is 0 Å². The van der Waals surface area contributed by atoms with Gasteiger partial charge in [-0.2, -0.15) is 0 Å². The van der Waals surface area contributed by atoms with E-state index in [0.29, 0.717) is 5.78 Å². The topological polar surface area (TPSA) is 17.1 Å². The van der Waals surface area contributed by atoms with Crippen molar-refractivity contribution in [3.8, 4) is 0 Å². The molecule has 0 fully saturated rings. The Morgan fingerprint density at radius 2 is 1.44 bits per heavy atom. The Kier molecular flexibility index (Phi) is 11.5. The number of hydrogen-bond acceptors (Lipinski definition) is 1. The fourth-order valence-electron chi connectivity index (χ4n) is 2.55. The number of carbonyl (C=O) groups excluding carboxylic acids is 1. The van der Waals surface area contributed by atoms with E-state index in [9.17, 15) is 4.79 Å². The van der Waals surface area contributed by atoms with Crippen LogP contribution in [-0.2, 0) is 4.79 Å². The molecular formula is C17H34O. The lowest BCUT2D eigenvalue weighted by atomic mass is 9.91. The van der Waals surface area contributed by atoms with Crippen molar-refractivity contribution in [3.63, 3.8) is 0 Å². The number of Topliss-reactive ketones (excluding diaryl/α,β-unsaturated/α-hetero) is 1. The van der Waals surface area contributed by atoms with Crippen LogP contribution in [0.2, 0.25) is 0 Å². The highest BCUT2D eigenvalue weighted by Crippen LogP contribution is 2.20. The average molecular weight is 254 g/mol. The monoisotopic (exact) mass is 254 g/mol. The van der Waals surface area contributed by atoms with Gasteiger partial charge in [0.1, 0.15) is 5.78 Å². The zero-order valence-corrected chi connectivity index (χ0v) is 13.1. The van der Waals surface area contributed by atoms with E-state index < -0.39 is 0 Å². The molecule has 0 aliphatic rings.